The number of hydrogen-bond donors (Lipinski definition) is 1. The summed E-state index contributed by atoms with van der Waals surface area (Å²) in [5, 5.41) is -0.782. The fourth-order valence-corrected chi connectivity index (χ4v) is 10.3. The zero-order valence-corrected chi connectivity index (χ0v) is 34.3. The number of carbonyl (C=O) groups is 4. The Bertz CT molecular complexity index is 2060. The van der Waals surface area contributed by atoms with Crippen LogP contribution in [0, 0.1) is 34.5 Å². The molecule has 2 amide bonds. The van der Waals surface area contributed by atoms with Gasteiger partial charge in [-0.25, -0.2) is 27.2 Å². The predicted molar refractivity (Wildman–Crippen MR) is 204 cm³/mol. The van der Waals surface area contributed by atoms with Crippen LogP contribution in [0.15, 0.2) is 18.2 Å². The third-order valence-electron chi connectivity index (χ3n) is 13.0. The number of esters is 1. The maximum atomic E-state index is 14.9. The van der Waals surface area contributed by atoms with E-state index in [9.17, 15) is 36.4 Å². The van der Waals surface area contributed by atoms with Crippen molar-refractivity contribution in [2.24, 2.45) is 34.5 Å². The Morgan fingerprint density at radius 3 is 2.46 bits per heavy atom. The Morgan fingerprint density at radius 2 is 1.81 bits per heavy atom. The first-order valence-corrected chi connectivity index (χ1v) is 21.7. The number of carbonyl (C=O) groups excluding carboxylic acids is 4. The summed E-state index contributed by atoms with van der Waals surface area (Å²) in [6.07, 6.45) is 0.295. The van der Waals surface area contributed by atoms with Crippen LogP contribution in [-0.2, 0) is 40.4 Å². The number of sulfonamides is 1. The molecule has 2 bridgehead atoms. The number of rotatable bonds is 8. The van der Waals surface area contributed by atoms with Gasteiger partial charge in [-0.05, 0) is 69.4 Å². The molecule has 2 aromatic rings. The molecule has 312 valence electrons. The number of benzene rings is 1. The van der Waals surface area contributed by atoms with Crippen molar-refractivity contribution in [2.75, 3.05) is 13.7 Å². The fourth-order valence-electron chi connectivity index (χ4n) is 8.95. The van der Waals surface area contributed by atoms with Crippen molar-refractivity contribution in [2.45, 2.75) is 135 Å². The number of fused-ring (bicyclic) bond motifs is 5. The molecule has 0 unspecified atom stereocenters. The molecule has 13 nitrogen and oxygen atoms in total. The molecule has 3 saturated carbocycles. The Kier molecular flexibility index (Phi) is 10.9. The molecule has 3 aliphatic carbocycles. The number of Topliss-reactive ketones (excluding diaryl/α,β-unsaturated/α-hetero) is 1. The lowest BCUT2D eigenvalue weighted by Crippen LogP contribution is -2.50. The van der Waals surface area contributed by atoms with Crippen LogP contribution < -0.4 is 14.2 Å². The maximum absolute atomic E-state index is 14.9. The topological polar surface area (TPSA) is 171 Å². The molecule has 1 aromatic heterocycles. The number of aryl methyl sites for hydroxylation is 1. The van der Waals surface area contributed by atoms with Crippen LogP contribution >= 0.6 is 0 Å². The number of hydrogen-bond acceptors (Lipinski definition) is 11. The number of nitrogens with zero attached hydrogens (tertiary/aromatic N) is 3. The highest BCUT2D eigenvalue weighted by Gasteiger charge is 2.66. The van der Waals surface area contributed by atoms with Gasteiger partial charge >= 0.3 is 5.97 Å². The van der Waals surface area contributed by atoms with Crippen LogP contribution in [0.5, 0.6) is 11.6 Å². The van der Waals surface area contributed by atoms with Crippen molar-refractivity contribution >= 4 is 44.6 Å². The van der Waals surface area contributed by atoms with E-state index >= 15 is 0 Å². The van der Waals surface area contributed by atoms with E-state index in [1.54, 1.807) is 26.2 Å². The molecule has 57 heavy (non-hydrogen) atoms. The second-order valence-corrected chi connectivity index (χ2v) is 20.3. The average molecular weight is 817 g/mol. The summed E-state index contributed by atoms with van der Waals surface area (Å²) >= 11 is 0. The summed E-state index contributed by atoms with van der Waals surface area (Å²) in [6, 6.07) is 4.09. The van der Waals surface area contributed by atoms with Gasteiger partial charge in [0.1, 0.15) is 23.1 Å². The molecule has 8 atom stereocenters. The van der Waals surface area contributed by atoms with Gasteiger partial charge in [0.25, 0.3) is 0 Å². The molecule has 1 N–H and O–H groups in total. The first kappa shape index (κ1) is 41.2. The van der Waals surface area contributed by atoms with Gasteiger partial charge in [0.15, 0.2) is 5.78 Å². The Hall–Kier alpha value is -3.95. The van der Waals surface area contributed by atoms with E-state index < -0.39 is 98.0 Å². The molecule has 4 fully saturated rings. The van der Waals surface area contributed by atoms with Gasteiger partial charge in [-0.15, -0.1) is 0 Å². The molecule has 2 aliphatic heterocycles. The fraction of sp³-hybridized carbons (Fsp3) is 0.707. The first-order valence-electron chi connectivity index (χ1n) is 20.2. The van der Waals surface area contributed by atoms with E-state index in [1.165, 1.54) is 4.90 Å². The highest BCUT2D eigenvalue weighted by molar-refractivity contribution is 7.90. The molecular formula is C41H54F2N4O9S. The third kappa shape index (κ3) is 8.34. The van der Waals surface area contributed by atoms with E-state index in [0.717, 1.165) is 32.1 Å². The number of methoxy groups -OCH3 is 1. The number of aromatic nitrogens is 2. The molecule has 3 heterocycles. The van der Waals surface area contributed by atoms with Gasteiger partial charge in [0.2, 0.25) is 34.1 Å². The number of ether oxygens (including phenoxy) is 3. The van der Waals surface area contributed by atoms with E-state index in [2.05, 4.69) is 0 Å². The highest BCUT2D eigenvalue weighted by Crippen LogP contribution is 2.59. The van der Waals surface area contributed by atoms with Crippen LogP contribution in [0.25, 0.3) is 11.0 Å². The number of nitrogens with one attached hydrogen (secondary N) is 1. The van der Waals surface area contributed by atoms with Crippen LogP contribution in [0.1, 0.15) is 105 Å². The minimum atomic E-state index is -4.10. The largest absolute Gasteiger partial charge is 0.497 e. The standard InChI is InChI=1S/C41H54F2N4O9S/c1-22-32-21-47(34(22)31(48)20-41(19-27(41)35(42)43)38(51)46-57(52,53)25-13-14-25)37(50)26(39(2,3)4)17-33(49)56-40(5)18-23(40)10-8-7-9-11-29-36(55-32)45-30-16-24(54-6)12-15-28(30)44-29/h12,15-16,22-23,25-27,32,34-35H,7-11,13-14,17-21H2,1-6H3,(H,46,51)/t22-,23-,26-,27+,32+,34+,40-,41-/m1/s1. The summed E-state index contributed by atoms with van der Waals surface area (Å²) in [5.41, 5.74) is -1.61. The predicted octanol–water partition coefficient (Wildman–Crippen LogP) is 5.56. The van der Waals surface area contributed by atoms with Crippen LogP contribution in [0.2, 0.25) is 0 Å². The van der Waals surface area contributed by atoms with Crippen LogP contribution in [-0.4, -0.2) is 89.9 Å². The monoisotopic (exact) mass is 816 g/mol. The summed E-state index contributed by atoms with van der Waals surface area (Å²) in [6.45, 7) is 8.99. The normalized spacial score (nSPS) is 32.3. The van der Waals surface area contributed by atoms with Crippen molar-refractivity contribution in [1.82, 2.24) is 19.6 Å². The zero-order valence-electron chi connectivity index (χ0n) is 33.5. The lowest BCUT2D eigenvalue weighted by molar-refractivity contribution is -0.158. The molecule has 7 rings (SSSR count). The van der Waals surface area contributed by atoms with E-state index in [4.69, 9.17) is 24.2 Å². The van der Waals surface area contributed by atoms with Gasteiger partial charge in [0, 0.05) is 30.2 Å². The number of ketones is 1. The van der Waals surface area contributed by atoms with Crippen LogP contribution in [0.4, 0.5) is 8.78 Å². The number of amides is 2. The molecule has 1 aromatic carbocycles. The van der Waals surface area contributed by atoms with E-state index in [-0.39, 0.29) is 31.2 Å². The summed E-state index contributed by atoms with van der Waals surface area (Å²) in [5.74, 6) is -5.05. The van der Waals surface area contributed by atoms with Crippen molar-refractivity contribution in [1.29, 1.82) is 0 Å². The number of alkyl halides is 2. The smallest absolute Gasteiger partial charge is 0.307 e. The summed E-state index contributed by atoms with van der Waals surface area (Å²) < 4.78 is 74.2. The lowest BCUT2D eigenvalue weighted by Gasteiger charge is -2.35. The minimum absolute atomic E-state index is 0.109. The highest BCUT2D eigenvalue weighted by atomic mass is 32.2. The summed E-state index contributed by atoms with van der Waals surface area (Å²) in [4.78, 5) is 67.8. The second kappa shape index (κ2) is 15.0. The van der Waals surface area contributed by atoms with Crippen molar-refractivity contribution in [3.8, 4) is 11.6 Å². The van der Waals surface area contributed by atoms with Crippen molar-refractivity contribution in [3.05, 3.63) is 23.9 Å². The molecule has 0 spiro atoms. The minimum Gasteiger partial charge on any atom is -0.497 e. The first-order chi connectivity index (χ1) is 26.8. The van der Waals surface area contributed by atoms with Gasteiger partial charge in [-0.2, -0.15) is 0 Å². The van der Waals surface area contributed by atoms with Crippen LogP contribution in [0.3, 0.4) is 0 Å². The van der Waals surface area contributed by atoms with Gasteiger partial charge in [-0.3, -0.25) is 23.9 Å². The van der Waals surface area contributed by atoms with Gasteiger partial charge < -0.3 is 19.1 Å². The third-order valence-corrected chi connectivity index (χ3v) is 14.9. The lowest BCUT2D eigenvalue weighted by atomic mass is 9.77. The maximum Gasteiger partial charge on any atom is 0.307 e. The van der Waals surface area contributed by atoms with Gasteiger partial charge in [0.05, 0.1) is 53.7 Å². The zero-order chi connectivity index (χ0) is 41.2. The Labute approximate surface area is 332 Å². The van der Waals surface area contributed by atoms with Gasteiger partial charge in [-0.1, -0.05) is 40.5 Å². The molecular weight excluding hydrogens is 763 g/mol. The molecule has 0 radical (unpaired) electrons. The molecule has 5 aliphatic rings. The van der Waals surface area contributed by atoms with E-state index in [1.807, 2.05) is 38.5 Å². The molecule has 1 saturated heterocycles. The molecule has 16 heteroatoms. The second-order valence-electron chi connectivity index (χ2n) is 18.3. The quantitative estimate of drug-likeness (QED) is 0.331. The average Bonchev–Trinajstić information content (AvgIpc) is 4.06. The Balaban J connectivity index is 1.26. The SMILES string of the molecule is COc1ccc2nc3c(nc2c1)O[C@H]1CN(C(=O)[C@H](C(C)(C)C)CC(=O)O[C@]2(C)C[C@H]2CCCCC3)[C@H](C(=O)C[C@]2(C(=O)NS(=O)(=O)C3CC3)C[C@H]2C(F)F)[C@@H]1C. The van der Waals surface area contributed by atoms with Crippen molar-refractivity contribution in [3.63, 3.8) is 0 Å². The number of halogens is 2. The Morgan fingerprint density at radius 1 is 1.07 bits per heavy atom. The van der Waals surface area contributed by atoms with E-state index in [0.29, 0.717) is 41.7 Å². The summed E-state index contributed by atoms with van der Waals surface area (Å²) in [7, 11) is -2.55. The van der Waals surface area contributed by atoms with Crippen molar-refractivity contribution < 1.29 is 50.6 Å².